The Balaban J connectivity index is 1.22. The number of fused-ring (bicyclic) bond motifs is 3. The number of benzene rings is 1. The summed E-state index contributed by atoms with van der Waals surface area (Å²) in [6, 6.07) is 10.5. The van der Waals surface area contributed by atoms with Gasteiger partial charge in [-0.3, -0.25) is 14.1 Å². The second kappa shape index (κ2) is 7.87. The summed E-state index contributed by atoms with van der Waals surface area (Å²) >= 11 is 3.05. The highest BCUT2D eigenvalue weighted by Gasteiger charge is 2.16. The zero-order chi connectivity index (χ0) is 19.8. The third-order valence-corrected chi connectivity index (χ3v) is 7.18. The number of hydrogen-bond acceptors (Lipinski definition) is 6. The monoisotopic (exact) mass is 425 g/mol. The highest BCUT2D eigenvalue weighted by molar-refractivity contribution is 7.21. The number of amides is 1. The van der Waals surface area contributed by atoms with Crippen molar-refractivity contribution in [3.8, 4) is 0 Å². The number of nitrogens with zero attached hydrogens (tertiary/aromatic N) is 4. The minimum atomic E-state index is -0.0403. The van der Waals surface area contributed by atoms with Crippen LogP contribution < -0.4 is 5.32 Å². The van der Waals surface area contributed by atoms with Gasteiger partial charge in [0.15, 0.2) is 4.96 Å². The number of likely N-dealkylation sites (N-methyl/N-ethyl adjacent to an activating group) is 1. The molecule has 29 heavy (non-hydrogen) atoms. The van der Waals surface area contributed by atoms with Crippen molar-refractivity contribution in [2.75, 3.05) is 33.2 Å². The number of carbonyl (C=O) groups excluding carboxylic acids is 1. The standard InChI is InChI=1S/C21H23N5OS2/c1-24-5-7-25(8-6-24)14-16-4-2-3-15(11-16)13-22-19(27)18-12-17-20(29-18)23-21-26(17)9-10-28-21/h2-4,9-12H,5-8,13-14H2,1H3,(H,22,27). The largest absolute Gasteiger partial charge is 0.347 e. The Morgan fingerprint density at radius 3 is 2.86 bits per heavy atom. The van der Waals surface area contributed by atoms with Gasteiger partial charge >= 0.3 is 0 Å². The van der Waals surface area contributed by atoms with Crippen LogP contribution in [0.25, 0.3) is 15.3 Å². The minimum absolute atomic E-state index is 0.0403. The molecule has 0 unspecified atom stereocenters. The van der Waals surface area contributed by atoms with Gasteiger partial charge in [-0.15, -0.1) is 22.7 Å². The number of nitrogens with one attached hydrogen (secondary N) is 1. The van der Waals surface area contributed by atoms with Gasteiger partial charge in [-0.05, 0) is 24.2 Å². The first kappa shape index (κ1) is 18.7. The average Bonchev–Trinajstić information content (AvgIpc) is 3.41. The maximum Gasteiger partial charge on any atom is 0.261 e. The van der Waals surface area contributed by atoms with Crippen LogP contribution in [0.1, 0.15) is 20.8 Å². The zero-order valence-corrected chi connectivity index (χ0v) is 17.9. The molecule has 1 aromatic carbocycles. The molecular weight excluding hydrogens is 402 g/mol. The highest BCUT2D eigenvalue weighted by Crippen LogP contribution is 2.28. The Morgan fingerprint density at radius 1 is 1.17 bits per heavy atom. The minimum Gasteiger partial charge on any atom is -0.347 e. The third-order valence-electron chi connectivity index (χ3n) is 5.41. The summed E-state index contributed by atoms with van der Waals surface area (Å²) in [4.78, 5) is 24.7. The molecule has 1 fully saturated rings. The Morgan fingerprint density at radius 2 is 2.00 bits per heavy atom. The first-order valence-electron chi connectivity index (χ1n) is 9.78. The number of thiazole rings is 1. The van der Waals surface area contributed by atoms with E-state index in [1.54, 1.807) is 11.3 Å². The van der Waals surface area contributed by atoms with E-state index in [0.29, 0.717) is 11.4 Å². The molecule has 4 heterocycles. The van der Waals surface area contributed by atoms with E-state index in [1.807, 2.05) is 22.0 Å². The van der Waals surface area contributed by atoms with Crippen LogP contribution in [-0.2, 0) is 13.1 Å². The van der Waals surface area contributed by atoms with Crippen LogP contribution in [0, 0.1) is 0 Å². The molecule has 0 radical (unpaired) electrons. The van der Waals surface area contributed by atoms with E-state index in [0.717, 1.165) is 53.6 Å². The van der Waals surface area contributed by atoms with E-state index in [1.165, 1.54) is 16.9 Å². The average molecular weight is 426 g/mol. The molecule has 1 aliphatic heterocycles. The smallest absolute Gasteiger partial charge is 0.261 e. The first-order chi connectivity index (χ1) is 14.2. The quantitative estimate of drug-likeness (QED) is 0.533. The van der Waals surface area contributed by atoms with E-state index in [2.05, 4.69) is 51.4 Å². The van der Waals surface area contributed by atoms with Gasteiger partial charge in [-0.1, -0.05) is 24.3 Å². The Kier molecular flexibility index (Phi) is 5.09. The molecule has 1 N–H and O–H groups in total. The van der Waals surface area contributed by atoms with Gasteiger partial charge in [0, 0.05) is 50.8 Å². The number of aromatic nitrogens is 2. The molecule has 5 rings (SSSR count). The molecule has 4 aromatic rings. The summed E-state index contributed by atoms with van der Waals surface area (Å²) in [7, 11) is 2.18. The van der Waals surface area contributed by atoms with Crippen LogP contribution in [-0.4, -0.2) is 58.3 Å². The summed E-state index contributed by atoms with van der Waals surface area (Å²) in [6.07, 6.45) is 2.00. The van der Waals surface area contributed by atoms with Crippen molar-refractivity contribution in [3.05, 3.63) is 57.9 Å². The maximum atomic E-state index is 12.6. The van der Waals surface area contributed by atoms with Gasteiger partial charge in [0.2, 0.25) is 0 Å². The molecule has 3 aromatic heterocycles. The van der Waals surface area contributed by atoms with Crippen molar-refractivity contribution >= 4 is 43.9 Å². The van der Waals surface area contributed by atoms with Crippen molar-refractivity contribution in [1.82, 2.24) is 24.5 Å². The number of carbonyl (C=O) groups is 1. The van der Waals surface area contributed by atoms with Crippen LogP contribution >= 0.6 is 22.7 Å². The molecular formula is C21H23N5OS2. The molecule has 0 bridgehead atoms. The highest BCUT2D eigenvalue weighted by atomic mass is 32.1. The van der Waals surface area contributed by atoms with E-state index in [9.17, 15) is 4.79 Å². The zero-order valence-electron chi connectivity index (χ0n) is 16.3. The van der Waals surface area contributed by atoms with E-state index >= 15 is 0 Å². The molecule has 0 spiro atoms. The van der Waals surface area contributed by atoms with Gasteiger partial charge in [-0.2, -0.15) is 0 Å². The molecule has 0 aliphatic carbocycles. The van der Waals surface area contributed by atoms with Gasteiger partial charge in [-0.25, -0.2) is 4.98 Å². The lowest BCUT2D eigenvalue weighted by Gasteiger charge is -2.32. The summed E-state index contributed by atoms with van der Waals surface area (Å²) < 4.78 is 2.04. The van der Waals surface area contributed by atoms with Crippen LogP contribution in [0.4, 0.5) is 0 Å². The third kappa shape index (κ3) is 3.93. The second-order valence-corrected chi connectivity index (χ2v) is 9.45. The topological polar surface area (TPSA) is 52.9 Å². The van der Waals surface area contributed by atoms with Crippen molar-refractivity contribution in [1.29, 1.82) is 0 Å². The van der Waals surface area contributed by atoms with E-state index in [4.69, 9.17) is 0 Å². The van der Waals surface area contributed by atoms with E-state index < -0.39 is 0 Å². The van der Waals surface area contributed by atoms with E-state index in [-0.39, 0.29) is 5.91 Å². The van der Waals surface area contributed by atoms with Crippen molar-refractivity contribution in [2.24, 2.45) is 0 Å². The summed E-state index contributed by atoms with van der Waals surface area (Å²) in [5.74, 6) is -0.0403. The Labute approximate surface area is 177 Å². The Hall–Kier alpha value is -2.26. The fourth-order valence-corrected chi connectivity index (χ4v) is 5.45. The molecule has 1 amide bonds. The van der Waals surface area contributed by atoms with Crippen molar-refractivity contribution < 1.29 is 4.79 Å². The lowest BCUT2D eigenvalue weighted by atomic mass is 10.1. The van der Waals surface area contributed by atoms with Gasteiger partial charge < -0.3 is 10.2 Å². The fraction of sp³-hybridized carbons (Fsp3) is 0.333. The number of imidazole rings is 1. The first-order valence-corrected chi connectivity index (χ1v) is 11.5. The number of thiophene rings is 1. The second-order valence-electron chi connectivity index (χ2n) is 7.55. The fourth-order valence-electron chi connectivity index (χ4n) is 3.73. The maximum absolute atomic E-state index is 12.6. The summed E-state index contributed by atoms with van der Waals surface area (Å²) in [6.45, 7) is 5.96. The molecule has 1 saturated heterocycles. The lowest BCUT2D eigenvalue weighted by molar-refractivity contribution is 0.0955. The number of piperazine rings is 1. The predicted molar refractivity (Wildman–Crippen MR) is 119 cm³/mol. The van der Waals surface area contributed by atoms with Gasteiger partial charge in [0.25, 0.3) is 5.91 Å². The number of rotatable bonds is 5. The predicted octanol–water partition coefficient (Wildman–Crippen LogP) is 3.29. The molecule has 0 saturated carbocycles. The van der Waals surface area contributed by atoms with Crippen LogP contribution in [0.5, 0.6) is 0 Å². The normalized spacial score (nSPS) is 16.0. The van der Waals surface area contributed by atoms with Crippen molar-refractivity contribution in [2.45, 2.75) is 13.1 Å². The van der Waals surface area contributed by atoms with Crippen LogP contribution in [0.3, 0.4) is 0 Å². The SMILES string of the molecule is CN1CCN(Cc2cccc(CNC(=O)c3cc4c(nc5sccn54)s3)c2)CC1. The van der Waals surface area contributed by atoms with Crippen LogP contribution in [0.2, 0.25) is 0 Å². The van der Waals surface area contributed by atoms with Gasteiger partial charge in [0.1, 0.15) is 4.83 Å². The molecule has 0 atom stereocenters. The summed E-state index contributed by atoms with van der Waals surface area (Å²) in [5, 5.41) is 5.07. The molecule has 1 aliphatic rings. The van der Waals surface area contributed by atoms with Gasteiger partial charge in [0.05, 0.1) is 10.4 Å². The molecule has 150 valence electrons. The Bertz CT molecular complexity index is 1150. The summed E-state index contributed by atoms with van der Waals surface area (Å²) in [5.41, 5.74) is 3.44. The molecule has 8 heteroatoms. The van der Waals surface area contributed by atoms with Crippen molar-refractivity contribution in [3.63, 3.8) is 0 Å². The molecule has 6 nitrogen and oxygen atoms in total. The lowest BCUT2D eigenvalue weighted by Crippen LogP contribution is -2.43. The van der Waals surface area contributed by atoms with Crippen LogP contribution in [0.15, 0.2) is 41.9 Å². The number of hydrogen-bond donors (Lipinski definition) is 1.